The summed E-state index contributed by atoms with van der Waals surface area (Å²) in [5.41, 5.74) is 2.14. The molecule has 0 aliphatic carbocycles. The Morgan fingerprint density at radius 2 is 1.82 bits per heavy atom. The van der Waals surface area contributed by atoms with Gasteiger partial charge in [0, 0.05) is 30.6 Å². The van der Waals surface area contributed by atoms with Gasteiger partial charge in [0.1, 0.15) is 5.01 Å². The van der Waals surface area contributed by atoms with E-state index in [2.05, 4.69) is 52.0 Å². The molecule has 0 fully saturated rings. The molecule has 0 amide bonds. The Labute approximate surface area is 172 Å². The van der Waals surface area contributed by atoms with E-state index in [9.17, 15) is 0 Å². The number of guanidine groups is 1. The molecule has 0 saturated heterocycles. The molecule has 0 unspecified atom stereocenters. The minimum atomic E-state index is 0.555. The number of unbranched alkanes of at least 4 members (excludes halogenated alkanes) is 1. The van der Waals surface area contributed by atoms with E-state index in [1.165, 1.54) is 0 Å². The van der Waals surface area contributed by atoms with Crippen molar-refractivity contribution in [2.75, 3.05) is 39.5 Å². The van der Waals surface area contributed by atoms with E-state index in [1.54, 1.807) is 11.3 Å². The van der Waals surface area contributed by atoms with Crippen LogP contribution in [-0.4, -0.2) is 50.5 Å². The van der Waals surface area contributed by atoms with Crippen molar-refractivity contribution in [3.8, 4) is 11.3 Å². The van der Waals surface area contributed by atoms with E-state index in [1.807, 2.05) is 18.2 Å². The van der Waals surface area contributed by atoms with Crippen molar-refractivity contribution in [1.82, 2.24) is 15.6 Å². The highest BCUT2D eigenvalue weighted by Crippen LogP contribution is 2.21. The molecule has 28 heavy (non-hydrogen) atoms. The maximum absolute atomic E-state index is 5.58. The Bertz CT molecular complexity index is 676. The number of nitrogens with zero attached hydrogens (tertiary/aromatic N) is 2. The number of aromatic nitrogens is 1. The van der Waals surface area contributed by atoms with Crippen LogP contribution in [0, 0.1) is 0 Å². The molecule has 2 rings (SSSR count). The Kier molecular flexibility index (Phi) is 11.2. The third-order valence-corrected chi connectivity index (χ3v) is 4.72. The first-order valence-electron chi connectivity index (χ1n) is 10.0. The van der Waals surface area contributed by atoms with Gasteiger partial charge < -0.3 is 20.1 Å². The summed E-state index contributed by atoms with van der Waals surface area (Å²) >= 11 is 1.64. The van der Waals surface area contributed by atoms with Crippen molar-refractivity contribution in [3.63, 3.8) is 0 Å². The van der Waals surface area contributed by atoms with Gasteiger partial charge in [0.05, 0.1) is 32.1 Å². The molecule has 0 radical (unpaired) electrons. The molecule has 0 aliphatic heterocycles. The molecule has 0 aliphatic rings. The Morgan fingerprint density at radius 1 is 1.04 bits per heavy atom. The molecule has 1 heterocycles. The third kappa shape index (κ3) is 8.82. The number of hydrogen-bond acceptors (Lipinski definition) is 5. The van der Waals surface area contributed by atoms with Crippen LogP contribution in [0.1, 0.15) is 31.7 Å². The fraction of sp³-hybridized carbons (Fsp3) is 0.524. The molecular formula is C21H32N4O2S. The fourth-order valence-corrected chi connectivity index (χ4v) is 3.15. The number of nitrogens with one attached hydrogen (secondary N) is 2. The van der Waals surface area contributed by atoms with Crippen LogP contribution < -0.4 is 10.6 Å². The first-order chi connectivity index (χ1) is 13.8. The van der Waals surface area contributed by atoms with Crippen LogP contribution in [0.15, 0.2) is 40.7 Å². The monoisotopic (exact) mass is 404 g/mol. The maximum Gasteiger partial charge on any atom is 0.191 e. The Morgan fingerprint density at radius 3 is 2.57 bits per heavy atom. The molecule has 1 aromatic carbocycles. The van der Waals surface area contributed by atoms with Gasteiger partial charge in [0.2, 0.25) is 0 Å². The maximum atomic E-state index is 5.58. The van der Waals surface area contributed by atoms with Gasteiger partial charge in [-0.1, -0.05) is 43.7 Å². The van der Waals surface area contributed by atoms with Gasteiger partial charge in [-0.3, -0.25) is 0 Å². The molecular weight excluding hydrogens is 372 g/mol. The van der Waals surface area contributed by atoms with E-state index in [0.29, 0.717) is 32.9 Å². The van der Waals surface area contributed by atoms with Gasteiger partial charge in [-0.2, -0.15) is 0 Å². The van der Waals surface area contributed by atoms with Crippen LogP contribution in [-0.2, 0) is 16.0 Å². The summed E-state index contributed by atoms with van der Waals surface area (Å²) < 4.78 is 11.1. The summed E-state index contributed by atoms with van der Waals surface area (Å²) in [6, 6.07) is 10.2. The number of hydrogen-bond donors (Lipinski definition) is 2. The summed E-state index contributed by atoms with van der Waals surface area (Å²) in [5, 5.41) is 9.62. The molecule has 6 nitrogen and oxygen atoms in total. The van der Waals surface area contributed by atoms with Crippen LogP contribution in [0.2, 0.25) is 0 Å². The lowest BCUT2D eigenvalue weighted by molar-refractivity contribution is 0.0487. The largest absolute Gasteiger partial charge is 0.379 e. The van der Waals surface area contributed by atoms with Gasteiger partial charge in [0.15, 0.2) is 5.96 Å². The zero-order chi connectivity index (χ0) is 19.9. The molecule has 7 heteroatoms. The molecule has 154 valence electrons. The SMILES string of the molecule is CCCCOCCOCCNC(=NCc1nc(-c2ccccc2)cs1)NCC. The second kappa shape index (κ2) is 14.1. The topological polar surface area (TPSA) is 67.8 Å². The zero-order valence-corrected chi connectivity index (χ0v) is 17.8. The molecule has 2 aromatic rings. The fourth-order valence-electron chi connectivity index (χ4n) is 2.42. The smallest absolute Gasteiger partial charge is 0.191 e. The predicted octanol–water partition coefficient (Wildman–Crippen LogP) is 3.70. The first kappa shape index (κ1) is 22.3. The average Bonchev–Trinajstić information content (AvgIpc) is 3.20. The van der Waals surface area contributed by atoms with Crippen LogP contribution in [0.3, 0.4) is 0 Å². The van der Waals surface area contributed by atoms with Crippen molar-refractivity contribution in [1.29, 1.82) is 0 Å². The second-order valence-electron chi connectivity index (χ2n) is 6.19. The Balaban J connectivity index is 1.70. The third-order valence-electron chi connectivity index (χ3n) is 3.89. The first-order valence-corrected chi connectivity index (χ1v) is 10.9. The van der Waals surface area contributed by atoms with Crippen LogP contribution in [0.25, 0.3) is 11.3 Å². The highest BCUT2D eigenvalue weighted by Gasteiger charge is 2.04. The van der Waals surface area contributed by atoms with E-state index >= 15 is 0 Å². The highest BCUT2D eigenvalue weighted by atomic mass is 32.1. The molecule has 2 N–H and O–H groups in total. The minimum Gasteiger partial charge on any atom is -0.379 e. The lowest BCUT2D eigenvalue weighted by Gasteiger charge is -2.11. The summed E-state index contributed by atoms with van der Waals surface area (Å²) in [4.78, 5) is 9.30. The van der Waals surface area contributed by atoms with E-state index < -0.39 is 0 Å². The van der Waals surface area contributed by atoms with Gasteiger partial charge in [-0.05, 0) is 13.3 Å². The summed E-state index contributed by atoms with van der Waals surface area (Å²) in [6.07, 6.45) is 2.27. The van der Waals surface area contributed by atoms with Crippen LogP contribution in [0.4, 0.5) is 0 Å². The van der Waals surface area contributed by atoms with Gasteiger partial charge in [-0.25, -0.2) is 9.98 Å². The summed E-state index contributed by atoms with van der Waals surface area (Å²) in [5.74, 6) is 0.779. The predicted molar refractivity (Wildman–Crippen MR) is 117 cm³/mol. The van der Waals surface area contributed by atoms with E-state index in [-0.39, 0.29) is 0 Å². The van der Waals surface area contributed by atoms with Crippen molar-refractivity contribution >= 4 is 17.3 Å². The average molecular weight is 405 g/mol. The van der Waals surface area contributed by atoms with Crippen LogP contribution >= 0.6 is 11.3 Å². The van der Waals surface area contributed by atoms with E-state index in [0.717, 1.165) is 48.2 Å². The normalized spacial score (nSPS) is 11.6. The van der Waals surface area contributed by atoms with Crippen LogP contribution in [0.5, 0.6) is 0 Å². The molecule has 0 saturated carbocycles. The number of rotatable bonds is 13. The number of aliphatic imine (C=N–C) groups is 1. The molecule has 1 aromatic heterocycles. The van der Waals surface area contributed by atoms with Gasteiger partial charge >= 0.3 is 0 Å². The summed E-state index contributed by atoms with van der Waals surface area (Å²) in [7, 11) is 0. The Hall–Kier alpha value is -1.96. The number of benzene rings is 1. The van der Waals surface area contributed by atoms with Crippen molar-refractivity contribution in [2.45, 2.75) is 33.2 Å². The van der Waals surface area contributed by atoms with Crippen molar-refractivity contribution in [2.24, 2.45) is 4.99 Å². The number of ether oxygens (including phenoxy) is 2. The van der Waals surface area contributed by atoms with Gasteiger partial charge in [0.25, 0.3) is 0 Å². The van der Waals surface area contributed by atoms with Crippen molar-refractivity contribution in [3.05, 3.63) is 40.7 Å². The molecule has 0 atom stereocenters. The lowest BCUT2D eigenvalue weighted by Crippen LogP contribution is -2.39. The zero-order valence-electron chi connectivity index (χ0n) is 16.9. The highest BCUT2D eigenvalue weighted by molar-refractivity contribution is 7.09. The quantitative estimate of drug-likeness (QED) is 0.303. The van der Waals surface area contributed by atoms with Gasteiger partial charge in [-0.15, -0.1) is 11.3 Å². The molecule has 0 spiro atoms. The number of thiazole rings is 1. The standard InChI is InChI=1S/C21H32N4O2S/c1-3-5-12-26-14-15-27-13-11-23-21(22-4-2)24-16-20-25-19(17-28-20)18-9-7-6-8-10-18/h6-10,17H,3-5,11-16H2,1-2H3,(H2,22,23,24). The minimum absolute atomic E-state index is 0.555. The second-order valence-corrected chi connectivity index (χ2v) is 7.14. The van der Waals surface area contributed by atoms with E-state index in [4.69, 9.17) is 9.47 Å². The lowest BCUT2D eigenvalue weighted by atomic mass is 10.2. The molecule has 0 bridgehead atoms. The van der Waals surface area contributed by atoms with Crippen molar-refractivity contribution < 1.29 is 9.47 Å². The summed E-state index contributed by atoms with van der Waals surface area (Å²) in [6.45, 7) is 9.00.